The first-order valence-corrected chi connectivity index (χ1v) is 20.5. The molecule has 0 aliphatic rings. The fourth-order valence-electron chi connectivity index (χ4n) is 5.64. The molecule has 5 heteroatoms. The number of allylic oxidation sites excluding steroid dienone is 6. The largest absolute Gasteiger partial charge is 0.462 e. The van der Waals surface area contributed by atoms with Crippen molar-refractivity contribution in [1.29, 1.82) is 0 Å². The zero-order chi connectivity index (χ0) is 35.0. The first-order valence-electron chi connectivity index (χ1n) is 20.5. The van der Waals surface area contributed by atoms with Crippen molar-refractivity contribution in [2.75, 3.05) is 19.8 Å². The lowest BCUT2D eigenvalue weighted by Gasteiger charge is -2.18. The van der Waals surface area contributed by atoms with Crippen LogP contribution in [0.4, 0.5) is 0 Å². The Balaban J connectivity index is 4.17. The van der Waals surface area contributed by atoms with Crippen LogP contribution in [0.1, 0.15) is 201 Å². The van der Waals surface area contributed by atoms with Crippen molar-refractivity contribution in [2.45, 2.75) is 207 Å². The molecule has 1 atom stereocenters. The molecule has 0 radical (unpaired) electrons. The molecule has 0 saturated carbocycles. The first-order chi connectivity index (χ1) is 23.6. The molecule has 0 amide bonds. The molecule has 0 aliphatic carbocycles. The van der Waals surface area contributed by atoms with Crippen LogP contribution >= 0.6 is 0 Å². The van der Waals surface area contributed by atoms with Crippen molar-refractivity contribution in [3.8, 4) is 0 Å². The lowest BCUT2D eigenvalue weighted by atomic mass is 10.1. The van der Waals surface area contributed by atoms with E-state index >= 15 is 0 Å². The Kier molecular flexibility index (Phi) is 38.0. The summed E-state index contributed by atoms with van der Waals surface area (Å²) in [5.74, 6) is -0.410. The van der Waals surface area contributed by atoms with Gasteiger partial charge >= 0.3 is 11.9 Å². The smallest absolute Gasteiger partial charge is 0.306 e. The molecule has 0 aliphatic heterocycles. The Hall–Kier alpha value is -1.88. The number of hydrogen-bond acceptors (Lipinski definition) is 5. The van der Waals surface area contributed by atoms with E-state index in [1.54, 1.807) is 0 Å². The standard InChI is InChI=1S/C43H78O5/c1-4-7-10-13-16-18-19-20-21-22-23-24-26-29-32-35-38-46-39-41(48-43(45)37-34-31-27-15-12-9-6-3)40-47-42(44)36-33-30-28-25-17-14-11-8-5-2/h7,10,16,18,20-21,41H,4-6,8-9,11-15,17,19,22-40H2,1-3H3/b10-7-,18-16-,21-20-. The third-order valence-electron chi connectivity index (χ3n) is 8.69. The van der Waals surface area contributed by atoms with Gasteiger partial charge in [-0.2, -0.15) is 0 Å². The second kappa shape index (κ2) is 39.6. The number of unbranched alkanes of at least 4 members (excludes halogenated alkanes) is 20. The van der Waals surface area contributed by atoms with Crippen LogP contribution in [0.2, 0.25) is 0 Å². The highest BCUT2D eigenvalue weighted by Gasteiger charge is 2.17. The Morgan fingerprint density at radius 3 is 1.50 bits per heavy atom. The van der Waals surface area contributed by atoms with E-state index in [2.05, 4.69) is 57.2 Å². The molecule has 1 unspecified atom stereocenters. The minimum Gasteiger partial charge on any atom is -0.462 e. The number of ether oxygens (including phenoxy) is 3. The van der Waals surface area contributed by atoms with Gasteiger partial charge in [-0.1, -0.05) is 173 Å². The molecule has 280 valence electrons. The van der Waals surface area contributed by atoms with Crippen LogP contribution in [0.15, 0.2) is 36.5 Å². The summed E-state index contributed by atoms with van der Waals surface area (Å²) >= 11 is 0. The Bertz CT molecular complexity index is 771. The van der Waals surface area contributed by atoms with Crippen LogP contribution in [0.5, 0.6) is 0 Å². The Morgan fingerprint density at radius 2 is 0.938 bits per heavy atom. The maximum atomic E-state index is 12.6. The van der Waals surface area contributed by atoms with Gasteiger partial charge in [-0.25, -0.2) is 0 Å². The molecule has 48 heavy (non-hydrogen) atoms. The van der Waals surface area contributed by atoms with Gasteiger partial charge in [0.2, 0.25) is 0 Å². The van der Waals surface area contributed by atoms with E-state index in [4.69, 9.17) is 14.2 Å². The van der Waals surface area contributed by atoms with Crippen molar-refractivity contribution in [1.82, 2.24) is 0 Å². The molecule has 0 bridgehead atoms. The van der Waals surface area contributed by atoms with Gasteiger partial charge in [0, 0.05) is 19.4 Å². The van der Waals surface area contributed by atoms with E-state index < -0.39 is 6.10 Å². The summed E-state index contributed by atoms with van der Waals surface area (Å²) in [6.07, 6.45) is 44.3. The molecule has 0 aromatic carbocycles. The normalized spacial score (nSPS) is 12.5. The molecular formula is C43H78O5. The highest BCUT2D eigenvalue weighted by Crippen LogP contribution is 2.13. The molecule has 0 saturated heterocycles. The number of rotatable bonds is 37. The average Bonchev–Trinajstić information content (AvgIpc) is 3.08. The SMILES string of the molecule is CC/C=C\C/C=C\C/C=C\CCCCCCCCOCC(COC(=O)CCCCCCCCCCC)OC(=O)CCCCCCCCC. The van der Waals surface area contributed by atoms with Gasteiger partial charge in [-0.05, 0) is 51.4 Å². The fraction of sp³-hybridized carbons (Fsp3) is 0.814. The molecule has 0 spiro atoms. The molecule has 5 nitrogen and oxygen atoms in total. The zero-order valence-electron chi connectivity index (χ0n) is 32.0. The van der Waals surface area contributed by atoms with Crippen LogP contribution in [-0.4, -0.2) is 37.9 Å². The van der Waals surface area contributed by atoms with Crippen molar-refractivity contribution in [3.05, 3.63) is 36.5 Å². The third-order valence-corrected chi connectivity index (χ3v) is 8.69. The third kappa shape index (κ3) is 36.9. The lowest BCUT2D eigenvalue weighted by molar-refractivity contribution is -0.163. The predicted octanol–water partition coefficient (Wildman–Crippen LogP) is 13.1. The second-order valence-corrected chi connectivity index (χ2v) is 13.5. The highest BCUT2D eigenvalue weighted by atomic mass is 16.6. The maximum absolute atomic E-state index is 12.6. The van der Waals surface area contributed by atoms with Crippen LogP contribution in [0.3, 0.4) is 0 Å². The van der Waals surface area contributed by atoms with E-state index in [0.29, 0.717) is 19.4 Å². The van der Waals surface area contributed by atoms with Crippen molar-refractivity contribution in [2.24, 2.45) is 0 Å². The number of carbonyl (C=O) groups excluding carboxylic acids is 2. The van der Waals surface area contributed by atoms with Crippen molar-refractivity contribution in [3.63, 3.8) is 0 Å². The minimum absolute atomic E-state index is 0.0834. The summed E-state index contributed by atoms with van der Waals surface area (Å²) in [5, 5.41) is 0. The Morgan fingerprint density at radius 1 is 0.479 bits per heavy atom. The van der Waals surface area contributed by atoms with E-state index in [0.717, 1.165) is 64.2 Å². The number of carbonyl (C=O) groups is 2. The molecule has 0 aromatic rings. The molecule has 0 fully saturated rings. The van der Waals surface area contributed by atoms with E-state index in [-0.39, 0.29) is 25.2 Å². The van der Waals surface area contributed by atoms with E-state index in [1.165, 1.54) is 103 Å². The molecular weight excluding hydrogens is 596 g/mol. The maximum Gasteiger partial charge on any atom is 0.306 e. The topological polar surface area (TPSA) is 61.8 Å². The summed E-state index contributed by atoms with van der Waals surface area (Å²) in [6.45, 7) is 7.64. The second-order valence-electron chi connectivity index (χ2n) is 13.5. The average molecular weight is 675 g/mol. The van der Waals surface area contributed by atoms with Crippen LogP contribution in [-0.2, 0) is 23.8 Å². The van der Waals surface area contributed by atoms with E-state index in [1.807, 2.05) is 0 Å². The highest BCUT2D eigenvalue weighted by molar-refractivity contribution is 5.70. The molecule has 0 rings (SSSR count). The number of esters is 2. The van der Waals surface area contributed by atoms with Gasteiger partial charge in [0.15, 0.2) is 6.10 Å². The van der Waals surface area contributed by atoms with Crippen molar-refractivity contribution < 1.29 is 23.8 Å². The summed E-state index contributed by atoms with van der Waals surface area (Å²) in [5.41, 5.74) is 0. The number of hydrogen-bond donors (Lipinski definition) is 0. The predicted molar refractivity (Wildman–Crippen MR) is 205 cm³/mol. The zero-order valence-corrected chi connectivity index (χ0v) is 32.0. The summed E-state index contributed by atoms with van der Waals surface area (Å²) < 4.78 is 17.2. The van der Waals surface area contributed by atoms with Gasteiger partial charge in [-0.3, -0.25) is 9.59 Å². The van der Waals surface area contributed by atoms with Gasteiger partial charge in [0.25, 0.3) is 0 Å². The van der Waals surface area contributed by atoms with Crippen LogP contribution in [0.25, 0.3) is 0 Å². The van der Waals surface area contributed by atoms with Gasteiger partial charge in [0.1, 0.15) is 6.61 Å². The van der Waals surface area contributed by atoms with Crippen LogP contribution < -0.4 is 0 Å². The first kappa shape index (κ1) is 46.1. The monoisotopic (exact) mass is 675 g/mol. The van der Waals surface area contributed by atoms with Crippen LogP contribution in [0, 0.1) is 0 Å². The summed E-state index contributed by atoms with van der Waals surface area (Å²) in [4.78, 5) is 24.9. The lowest BCUT2D eigenvalue weighted by Crippen LogP contribution is -2.30. The fourth-order valence-corrected chi connectivity index (χ4v) is 5.64. The summed E-state index contributed by atoms with van der Waals surface area (Å²) in [7, 11) is 0. The van der Waals surface area contributed by atoms with Gasteiger partial charge in [-0.15, -0.1) is 0 Å². The van der Waals surface area contributed by atoms with Gasteiger partial charge in [0.05, 0.1) is 6.61 Å². The molecule has 0 N–H and O–H groups in total. The quantitative estimate of drug-likeness (QED) is 0.0373. The van der Waals surface area contributed by atoms with Gasteiger partial charge < -0.3 is 14.2 Å². The minimum atomic E-state index is -0.532. The van der Waals surface area contributed by atoms with Crippen molar-refractivity contribution >= 4 is 11.9 Å². The van der Waals surface area contributed by atoms with E-state index in [9.17, 15) is 9.59 Å². The molecule has 0 aromatic heterocycles. The summed E-state index contributed by atoms with van der Waals surface area (Å²) in [6, 6.07) is 0. The Labute approximate surface area is 298 Å². The molecule has 0 heterocycles.